The van der Waals surface area contributed by atoms with E-state index in [1.165, 1.54) is 32.4 Å². The van der Waals surface area contributed by atoms with Crippen LogP contribution in [0.25, 0.3) is 0 Å². The maximum absolute atomic E-state index is 13.9. The maximum atomic E-state index is 13.9. The van der Waals surface area contributed by atoms with Gasteiger partial charge < -0.3 is 14.8 Å². The average molecular weight is 511 g/mol. The van der Waals surface area contributed by atoms with Crippen molar-refractivity contribution in [1.29, 1.82) is 0 Å². The normalized spacial score (nSPS) is 12.1. The molecule has 1 N–H and O–H groups in total. The van der Waals surface area contributed by atoms with Crippen LogP contribution in [0.1, 0.15) is 40.8 Å². The predicted molar refractivity (Wildman–Crippen MR) is 142 cm³/mol. The topological polar surface area (TPSA) is 84.9 Å². The zero-order chi connectivity index (χ0) is 26.6. The maximum Gasteiger partial charge on any atom is 0.264 e. The lowest BCUT2D eigenvalue weighted by molar-refractivity contribution is -0.120. The summed E-state index contributed by atoms with van der Waals surface area (Å²) >= 11 is 0. The van der Waals surface area contributed by atoms with Crippen molar-refractivity contribution in [3.8, 4) is 11.5 Å². The van der Waals surface area contributed by atoms with Crippen LogP contribution in [0.5, 0.6) is 11.5 Å². The molecule has 0 aliphatic carbocycles. The highest BCUT2D eigenvalue weighted by Crippen LogP contribution is 2.32. The second-order valence-electron chi connectivity index (χ2n) is 9.02. The van der Waals surface area contributed by atoms with E-state index in [1.807, 2.05) is 52.8 Å². The van der Waals surface area contributed by atoms with Crippen LogP contribution in [0.15, 0.2) is 59.5 Å². The van der Waals surface area contributed by atoms with E-state index in [0.29, 0.717) is 11.4 Å². The van der Waals surface area contributed by atoms with Crippen molar-refractivity contribution in [3.05, 3.63) is 82.4 Å². The summed E-state index contributed by atoms with van der Waals surface area (Å²) in [4.78, 5) is 13.2. The van der Waals surface area contributed by atoms with Gasteiger partial charge in [-0.15, -0.1) is 0 Å². The van der Waals surface area contributed by atoms with Crippen molar-refractivity contribution in [2.45, 2.75) is 45.6 Å². The van der Waals surface area contributed by atoms with Gasteiger partial charge in [-0.1, -0.05) is 29.8 Å². The molecule has 8 heteroatoms. The molecule has 0 radical (unpaired) electrons. The summed E-state index contributed by atoms with van der Waals surface area (Å²) in [6.45, 7) is 9.30. The molecule has 3 aromatic carbocycles. The van der Waals surface area contributed by atoms with E-state index >= 15 is 0 Å². The van der Waals surface area contributed by atoms with Gasteiger partial charge in [-0.25, -0.2) is 8.42 Å². The van der Waals surface area contributed by atoms with Gasteiger partial charge in [-0.05, 0) is 81.1 Å². The smallest absolute Gasteiger partial charge is 0.264 e. The standard InChI is InChI=1S/C28H34N2O5S/c1-18-8-10-25(21(4)13-18)22(5)29-28(31)17-30(23-14-19(2)12-20(3)15-23)36(32,33)24-9-11-26(34-6)27(16-24)35-7/h8-16,22H,17H2,1-7H3,(H,29,31). The highest BCUT2D eigenvalue weighted by molar-refractivity contribution is 7.92. The van der Waals surface area contributed by atoms with Crippen LogP contribution in [0, 0.1) is 27.7 Å². The molecule has 1 unspecified atom stereocenters. The van der Waals surface area contributed by atoms with Crippen LogP contribution >= 0.6 is 0 Å². The first-order valence-corrected chi connectivity index (χ1v) is 13.1. The number of amides is 1. The van der Waals surface area contributed by atoms with Gasteiger partial charge in [0.25, 0.3) is 10.0 Å². The fourth-order valence-electron chi connectivity index (χ4n) is 4.32. The number of carbonyl (C=O) groups is 1. The minimum absolute atomic E-state index is 0.00506. The Labute approximate surface area is 214 Å². The van der Waals surface area contributed by atoms with Gasteiger partial charge in [0.05, 0.1) is 30.8 Å². The first-order chi connectivity index (χ1) is 17.0. The van der Waals surface area contributed by atoms with Crippen molar-refractivity contribution >= 4 is 21.6 Å². The van der Waals surface area contributed by atoms with E-state index in [1.54, 1.807) is 12.1 Å². The summed E-state index contributed by atoms with van der Waals surface area (Å²) < 4.78 is 39.4. The summed E-state index contributed by atoms with van der Waals surface area (Å²) in [5, 5.41) is 2.96. The minimum Gasteiger partial charge on any atom is -0.493 e. The average Bonchev–Trinajstić information content (AvgIpc) is 2.81. The molecule has 0 bridgehead atoms. The first-order valence-electron chi connectivity index (χ1n) is 11.7. The highest BCUT2D eigenvalue weighted by atomic mass is 32.2. The van der Waals surface area contributed by atoms with E-state index in [9.17, 15) is 13.2 Å². The van der Waals surface area contributed by atoms with Crippen LogP contribution in [-0.4, -0.2) is 35.1 Å². The quantitative estimate of drug-likeness (QED) is 0.437. The summed E-state index contributed by atoms with van der Waals surface area (Å²) in [6, 6.07) is 15.6. The van der Waals surface area contributed by atoms with Gasteiger partial charge in [0.2, 0.25) is 5.91 Å². The molecule has 36 heavy (non-hydrogen) atoms. The molecule has 0 spiro atoms. The molecule has 1 amide bonds. The number of nitrogens with one attached hydrogen (secondary N) is 1. The Morgan fingerprint density at radius 1 is 0.861 bits per heavy atom. The third-order valence-corrected chi connectivity index (χ3v) is 7.76. The van der Waals surface area contributed by atoms with E-state index in [-0.39, 0.29) is 23.2 Å². The van der Waals surface area contributed by atoms with Crippen LogP contribution in [0.3, 0.4) is 0 Å². The van der Waals surface area contributed by atoms with Crippen molar-refractivity contribution in [3.63, 3.8) is 0 Å². The molecular formula is C28H34N2O5S. The number of aryl methyl sites for hydroxylation is 4. The Kier molecular flexibility index (Phi) is 8.30. The third-order valence-electron chi connectivity index (χ3n) is 5.99. The minimum atomic E-state index is -4.12. The molecular weight excluding hydrogens is 476 g/mol. The van der Waals surface area contributed by atoms with E-state index < -0.39 is 15.9 Å². The van der Waals surface area contributed by atoms with E-state index in [2.05, 4.69) is 11.4 Å². The second-order valence-corrected chi connectivity index (χ2v) is 10.9. The summed E-state index contributed by atoms with van der Waals surface area (Å²) in [6.07, 6.45) is 0. The van der Waals surface area contributed by atoms with Gasteiger partial charge >= 0.3 is 0 Å². The van der Waals surface area contributed by atoms with E-state index in [0.717, 1.165) is 32.1 Å². The van der Waals surface area contributed by atoms with Crippen LogP contribution in [-0.2, 0) is 14.8 Å². The molecule has 1 atom stereocenters. The van der Waals surface area contributed by atoms with Crippen molar-refractivity contribution in [2.75, 3.05) is 25.1 Å². The molecule has 7 nitrogen and oxygen atoms in total. The molecule has 0 aliphatic heterocycles. The van der Waals surface area contributed by atoms with E-state index in [4.69, 9.17) is 9.47 Å². The molecule has 0 fully saturated rings. The van der Waals surface area contributed by atoms with Crippen LogP contribution < -0.4 is 19.1 Å². The highest BCUT2D eigenvalue weighted by Gasteiger charge is 2.29. The summed E-state index contributed by atoms with van der Waals surface area (Å²) in [7, 11) is -1.19. The van der Waals surface area contributed by atoms with Crippen molar-refractivity contribution in [2.24, 2.45) is 0 Å². The Hall–Kier alpha value is -3.52. The number of benzene rings is 3. The van der Waals surface area contributed by atoms with Crippen molar-refractivity contribution < 1.29 is 22.7 Å². The Morgan fingerprint density at radius 2 is 1.50 bits per heavy atom. The zero-order valence-corrected chi connectivity index (χ0v) is 22.7. The lowest BCUT2D eigenvalue weighted by Gasteiger charge is -2.26. The monoisotopic (exact) mass is 510 g/mol. The third kappa shape index (κ3) is 5.99. The number of nitrogens with zero attached hydrogens (tertiary/aromatic N) is 1. The molecule has 0 heterocycles. The van der Waals surface area contributed by atoms with Gasteiger partial charge in [-0.2, -0.15) is 0 Å². The number of methoxy groups -OCH3 is 2. The van der Waals surface area contributed by atoms with Gasteiger partial charge in [0, 0.05) is 6.07 Å². The second kappa shape index (κ2) is 11.0. The lowest BCUT2D eigenvalue weighted by atomic mass is 10.0. The molecule has 3 rings (SSSR count). The number of sulfonamides is 1. The summed E-state index contributed by atoms with van der Waals surface area (Å²) in [5.41, 5.74) is 5.37. The molecule has 0 aromatic heterocycles. The lowest BCUT2D eigenvalue weighted by Crippen LogP contribution is -2.41. The van der Waals surface area contributed by atoms with Crippen LogP contribution in [0.4, 0.5) is 5.69 Å². The van der Waals surface area contributed by atoms with Crippen LogP contribution in [0.2, 0.25) is 0 Å². The Balaban J connectivity index is 1.99. The number of ether oxygens (including phenoxy) is 2. The number of hydrogen-bond acceptors (Lipinski definition) is 5. The fourth-order valence-corrected chi connectivity index (χ4v) is 5.74. The molecule has 0 saturated carbocycles. The Morgan fingerprint density at radius 3 is 2.08 bits per heavy atom. The van der Waals surface area contributed by atoms with Gasteiger partial charge in [0.15, 0.2) is 11.5 Å². The SMILES string of the molecule is COc1ccc(S(=O)(=O)N(CC(=O)NC(C)c2ccc(C)cc2C)c2cc(C)cc(C)c2)cc1OC. The van der Waals surface area contributed by atoms with Gasteiger partial charge in [0.1, 0.15) is 6.54 Å². The number of carbonyl (C=O) groups excluding carboxylic acids is 1. The predicted octanol–water partition coefficient (Wildman–Crippen LogP) is 5.01. The summed E-state index contributed by atoms with van der Waals surface area (Å²) in [5.74, 6) is 0.284. The fraction of sp³-hybridized carbons (Fsp3) is 0.321. The molecule has 0 aliphatic rings. The van der Waals surface area contributed by atoms with Crippen molar-refractivity contribution in [1.82, 2.24) is 5.32 Å². The number of rotatable bonds is 9. The largest absolute Gasteiger partial charge is 0.493 e. The molecule has 3 aromatic rings. The number of anilines is 1. The molecule has 192 valence electrons. The molecule has 0 saturated heterocycles. The number of hydrogen-bond donors (Lipinski definition) is 1. The first kappa shape index (κ1) is 27.1. The Bertz CT molecular complexity index is 1350. The van der Waals surface area contributed by atoms with Gasteiger partial charge in [-0.3, -0.25) is 9.10 Å². The zero-order valence-electron chi connectivity index (χ0n) is 21.9.